The molecular weight excluding hydrogens is 356 g/mol. The number of hydrogen-bond donors (Lipinski definition) is 1. The molecule has 1 saturated heterocycles. The van der Waals surface area contributed by atoms with Crippen LogP contribution in [0.3, 0.4) is 0 Å². The first kappa shape index (κ1) is 20.6. The molecule has 0 aromatic heterocycles. The minimum atomic E-state index is -0.0862. The van der Waals surface area contributed by atoms with Gasteiger partial charge in [-0.2, -0.15) is 0 Å². The van der Waals surface area contributed by atoms with E-state index >= 15 is 0 Å². The Morgan fingerprint density at radius 3 is 2.55 bits per heavy atom. The van der Waals surface area contributed by atoms with E-state index in [2.05, 4.69) is 40.7 Å². The lowest BCUT2D eigenvalue weighted by Crippen LogP contribution is -2.50. The zero-order valence-corrected chi connectivity index (χ0v) is 19.5. The Bertz CT molecular complexity index is 680. The maximum Gasteiger partial charge on any atom is 0.0892 e. The molecule has 4 aliphatic carbocycles. The van der Waals surface area contributed by atoms with Gasteiger partial charge >= 0.3 is 0 Å². The molecule has 1 aliphatic heterocycles. The van der Waals surface area contributed by atoms with Crippen LogP contribution in [0.15, 0.2) is 11.6 Å². The van der Waals surface area contributed by atoms with Crippen LogP contribution in [0.1, 0.15) is 98.8 Å². The van der Waals surface area contributed by atoms with Gasteiger partial charge in [0.1, 0.15) is 0 Å². The van der Waals surface area contributed by atoms with Crippen LogP contribution in [-0.4, -0.2) is 22.9 Å². The summed E-state index contributed by atoms with van der Waals surface area (Å²) in [6.07, 6.45) is 15.8. The van der Waals surface area contributed by atoms with E-state index in [0.717, 1.165) is 42.4 Å². The molecule has 1 N–H and O–H groups in total. The molecule has 5 rings (SSSR count). The Labute approximate surface area is 178 Å². The van der Waals surface area contributed by atoms with Gasteiger partial charge in [0.25, 0.3) is 0 Å². The summed E-state index contributed by atoms with van der Waals surface area (Å²) in [6.45, 7) is 12.3. The van der Waals surface area contributed by atoms with E-state index in [4.69, 9.17) is 4.74 Å². The normalized spacial score (nSPS) is 51.4. The standard InChI is InChI=1S/C27H44O2/c1-17(6-11-24-25(2,3)29-24)21-9-10-22-20-8-7-18-16-19(28)12-14-26(18,4)23(20)13-15-27(21,22)5/h7,17,19-24,28H,6,8-16H2,1-5H3/t17-,19?,20+,21-,22+,23+,24-,26+,27-/m1/s1. The predicted octanol–water partition coefficient (Wildman–Crippen LogP) is 6.52. The first-order valence-electron chi connectivity index (χ1n) is 12.7. The van der Waals surface area contributed by atoms with Gasteiger partial charge in [0, 0.05) is 0 Å². The maximum atomic E-state index is 10.2. The van der Waals surface area contributed by atoms with Crippen LogP contribution < -0.4 is 0 Å². The van der Waals surface area contributed by atoms with Gasteiger partial charge in [-0.15, -0.1) is 0 Å². The molecule has 0 radical (unpaired) electrons. The second-order valence-corrected chi connectivity index (χ2v) is 12.6. The van der Waals surface area contributed by atoms with Gasteiger partial charge in [-0.05, 0) is 118 Å². The molecule has 0 spiro atoms. The average molecular weight is 401 g/mol. The van der Waals surface area contributed by atoms with Gasteiger partial charge in [-0.25, -0.2) is 0 Å². The number of rotatable bonds is 4. The van der Waals surface area contributed by atoms with Crippen molar-refractivity contribution in [3.63, 3.8) is 0 Å². The number of epoxide rings is 1. The smallest absolute Gasteiger partial charge is 0.0892 e. The molecule has 164 valence electrons. The SMILES string of the molecule is C[C@H](CC[C@H]1OC1(C)C)[C@H]1CC[C@H]2[C@@H]3CC=C4CC(O)CC[C@]4(C)[C@H]3CC[C@]12C. The number of aliphatic hydroxyl groups is 1. The third-order valence-electron chi connectivity index (χ3n) is 10.9. The van der Waals surface area contributed by atoms with Crippen molar-refractivity contribution in [1.82, 2.24) is 0 Å². The Hall–Kier alpha value is -0.340. The van der Waals surface area contributed by atoms with E-state index in [0.29, 0.717) is 16.9 Å². The first-order valence-corrected chi connectivity index (χ1v) is 12.7. The van der Waals surface area contributed by atoms with Gasteiger partial charge in [0.2, 0.25) is 0 Å². The number of ether oxygens (including phenoxy) is 1. The molecule has 0 amide bonds. The van der Waals surface area contributed by atoms with E-state index in [1.807, 2.05) is 0 Å². The minimum Gasteiger partial charge on any atom is -0.393 e. The van der Waals surface area contributed by atoms with E-state index < -0.39 is 0 Å². The average Bonchev–Trinajstić information content (AvgIpc) is 3.11. The Balaban J connectivity index is 1.30. The number of allylic oxidation sites excluding steroid dienone is 1. The van der Waals surface area contributed by atoms with Crippen LogP contribution in [0.2, 0.25) is 0 Å². The zero-order chi connectivity index (χ0) is 20.6. The van der Waals surface area contributed by atoms with Crippen LogP contribution in [0.4, 0.5) is 0 Å². The summed E-state index contributed by atoms with van der Waals surface area (Å²) in [5, 5.41) is 10.2. The van der Waals surface area contributed by atoms with Gasteiger partial charge in [-0.3, -0.25) is 0 Å². The Kier molecular flexibility index (Phi) is 4.84. The van der Waals surface area contributed by atoms with Crippen molar-refractivity contribution in [2.24, 2.45) is 40.4 Å². The minimum absolute atomic E-state index is 0.0862. The van der Waals surface area contributed by atoms with Gasteiger partial charge < -0.3 is 9.84 Å². The highest BCUT2D eigenvalue weighted by atomic mass is 16.6. The summed E-state index contributed by atoms with van der Waals surface area (Å²) < 4.78 is 5.86. The number of hydrogen-bond acceptors (Lipinski definition) is 2. The van der Waals surface area contributed by atoms with Crippen molar-refractivity contribution < 1.29 is 9.84 Å². The number of aliphatic hydroxyl groups excluding tert-OH is 1. The summed E-state index contributed by atoms with van der Waals surface area (Å²) in [5.41, 5.74) is 2.68. The summed E-state index contributed by atoms with van der Waals surface area (Å²) >= 11 is 0. The molecule has 5 aliphatic rings. The Morgan fingerprint density at radius 2 is 1.83 bits per heavy atom. The fourth-order valence-corrected chi connectivity index (χ4v) is 8.97. The fraction of sp³-hybridized carbons (Fsp3) is 0.926. The lowest BCUT2D eigenvalue weighted by Gasteiger charge is -2.58. The van der Waals surface area contributed by atoms with E-state index in [1.54, 1.807) is 5.57 Å². The van der Waals surface area contributed by atoms with E-state index in [-0.39, 0.29) is 11.7 Å². The highest BCUT2D eigenvalue weighted by Crippen LogP contribution is 2.67. The highest BCUT2D eigenvalue weighted by Gasteiger charge is 2.59. The number of fused-ring (bicyclic) bond motifs is 5. The summed E-state index contributed by atoms with van der Waals surface area (Å²) in [5.74, 6) is 4.41. The van der Waals surface area contributed by atoms with Crippen molar-refractivity contribution in [3.05, 3.63) is 11.6 Å². The molecule has 0 bridgehead atoms. The maximum absolute atomic E-state index is 10.2. The zero-order valence-electron chi connectivity index (χ0n) is 19.5. The van der Waals surface area contributed by atoms with Gasteiger partial charge in [-0.1, -0.05) is 32.4 Å². The molecule has 3 saturated carbocycles. The third kappa shape index (κ3) is 3.18. The molecule has 1 heterocycles. The van der Waals surface area contributed by atoms with Crippen molar-refractivity contribution in [3.8, 4) is 0 Å². The molecule has 0 aromatic rings. The monoisotopic (exact) mass is 400 g/mol. The van der Waals surface area contributed by atoms with Crippen LogP contribution in [-0.2, 0) is 4.74 Å². The van der Waals surface area contributed by atoms with Crippen molar-refractivity contribution >= 4 is 0 Å². The molecule has 4 fully saturated rings. The first-order chi connectivity index (χ1) is 13.6. The van der Waals surface area contributed by atoms with E-state index in [1.165, 1.54) is 51.4 Å². The summed E-state index contributed by atoms with van der Waals surface area (Å²) in [7, 11) is 0. The topological polar surface area (TPSA) is 32.8 Å². The van der Waals surface area contributed by atoms with Crippen molar-refractivity contribution in [1.29, 1.82) is 0 Å². The second kappa shape index (κ2) is 6.83. The second-order valence-electron chi connectivity index (χ2n) is 12.6. The molecule has 29 heavy (non-hydrogen) atoms. The lowest BCUT2D eigenvalue weighted by atomic mass is 9.47. The molecule has 9 atom stereocenters. The molecule has 0 aromatic carbocycles. The predicted molar refractivity (Wildman–Crippen MR) is 119 cm³/mol. The quantitative estimate of drug-likeness (QED) is 0.430. The molecule has 1 unspecified atom stereocenters. The lowest BCUT2D eigenvalue weighted by molar-refractivity contribution is -0.0573. The molecule has 2 heteroatoms. The van der Waals surface area contributed by atoms with E-state index in [9.17, 15) is 5.11 Å². The van der Waals surface area contributed by atoms with Crippen LogP contribution in [0.5, 0.6) is 0 Å². The highest BCUT2D eigenvalue weighted by molar-refractivity contribution is 5.25. The van der Waals surface area contributed by atoms with Crippen LogP contribution >= 0.6 is 0 Å². The molecular formula is C27H44O2. The van der Waals surface area contributed by atoms with Gasteiger partial charge in [0.15, 0.2) is 0 Å². The van der Waals surface area contributed by atoms with Crippen LogP contribution in [0.25, 0.3) is 0 Å². The third-order valence-corrected chi connectivity index (χ3v) is 10.9. The van der Waals surface area contributed by atoms with Gasteiger partial charge in [0.05, 0.1) is 17.8 Å². The van der Waals surface area contributed by atoms with Crippen molar-refractivity contribution in [2.45, 2.75) is 117 Å². The van der Waals surface area contributed by atoms with Crippen LogP contribution in [0, 0.1) is 40.4 Å². The van der Waals surface area contributed by atoms with Crippen molar-refractivity contribution in [2.75, 3.05) is 0 Å². The Morgan fingerprint density at radius 1 is 1.07 bits per heavy atom. The molecule has 2 nitrogen and oxygen atoms in total. The summed E-state index contributed by atoms with van der Waals surface area (Å²) in [6, 6.07) is 0. The largest absolute Gasteiger partial charge is 0.393 e. The summed E-state index contributed by atoms with van der Waals surface area (Å²) in [4.78, 5) is 0. The fourth-order valence-electron chi connectivity index (χ4n) is 8.97.